The van der Waals surface area contributed by atoms with Crippen LogP contribution in [0.2, 0.25) is 5.02 Å². The summed E-state index contributed by atoms with van der Waals surface area (Å²) in [4.78, 5) is 10.4. The van der Waals surface area contributed by atoms with Crippen LogP contribution in [0.3, 0.4) is 0 Å². The van der Waals surface area contributed by atoms with Crippen molar-refractivity contribution < 1.29 is 27.4 Å². The predicted octanol–water partition coefficient (Wildman–Crippen LogP) is 1.20. The SMILES string of the molecule is COC(C(=O)O)C1CN(S(=O)(=O)c2cc(Cl)ccc2F)C1. The van der Waals surface area contributed by atoms with Crippen LogP contribution in [0, 0.1) is 11.7 Å². The molecule has 1 aliphatic rings. The molecule has 0 aliphatic carbocycles. The molecule has 1 heterocycles. The average molecular weight is 338 g/mol. The standard InChI is InChI=1S/C12H13ClFNO5S/c1-20-11(12(16)17)7-5-15(6-7)21(18,19)10-4-8(13)2-3-9(10)14/h2-4,7,11H,5-6H2,1H3,(H,16,17). The molecule has 1 N–H and O–H groups in total. The highest BCUT2D eigenvalue weighted by atomic mass is 35.5. The van der Waals surface area contributed by atoms with Crippen molar-refractivity contribution in [2.75, 3.05) is 20.2 Å². The normalized spacial score (nSPS) is 18.2. The summed E-state index contributed by atoms with van der Waals surface area (Å²) in [6.45, 7) is -0.0851. The van der Waals surface area contributed by atoms with Crippen molar-refractivity contribution in [1.82, 2.24) is 4.31 Å². The van der Waals surface area contributed by atoms with Gasteiger partial charge in [-0.15, -0.1) is 0 Å². The fourth-order valence-corrected chi connectivity index (χ4v) is 4.05. The molecule has 116 valence electrons. The zero-order valence-corrected chi connectivity index (χ0v) is 12.6. The summed E-state index contributed by atoms with van der Waals surface area (Å²) in [5, 5.41) is 9.03. The van der Waals surface area contributed by atoms with Crippen molar-refractivity contribution in [2.24, 2.45) is 5.92 Å². The van der Waals surface area contributed by atoms with Crippen LogP contribution in [0.5, 0.6) is 0 Å². The fourth-order valence-electron chi connectivity index (χ4n) is 2.17. The van der Waals surface area contributed by atoms with Gasteiger partial charge in [-0.05, 0) is 18.2 Å². The molecule has 0 spiro atoms. The number of benzene rings is 1. The Hall–Kier alpha value is -1.22. The number of nitrogens with zero attached hydrogens (tertiary/aromatic N) is 1. The molecule has 21 heavy (non-hydrogen) atoms. The lowest BCUT2D eigenvalue weighted by molar-refractivity contribution is -0.154. The largest absolute Gasteiger partial charge is 0.479 e. The van der Waals surface area contributed by atoms with E-state index in [1.807, 2.05) is 0 Å². The Labute approximate surface area is 126 Å². The molecular weight excluding hydrogens is 325 g/mol. The van der Waals surface area contributed by atoms with Gasteiger partial charge in [-0.25, -0.2) is 17.6 Å². The Morgan fingerprint density at radius 3 is 2.67 bits per heavy atom. The summed E-state index contributed by atoms with van der Waals surface area (Å²) in [6, 6.07) is 3.26. The molecule has 6 nitrogen and oxygen atoms in total. The van der Waals surface area contributed by atoms with E-state index in [-0.39, 0.29) is 18.1 Å². The van der Waals surface area contributed by atoms with Crippen LogP contribution in [0.1, 0.15) is 0 Å². The molecule has 1 saturated heterocycles. The summed E-state index contributed by atoms with van der Waals surface area (Å²) in [6.07, 6.45) is -1.08. The number of halogens is 2. The van der Waals surface area contributed by atoms with Gasteiger partial charge in [0.05, 0.1) is 0 Å². The first kappa shape index (κ1) is 16.2. The highest BCUT2D eigenvalue weighted by molar-refractivity contribution is 7.89. The fraction of sp³-hybridized carbons (Fsp3) is 0.417. The molecule has 2 rings (SSSR count). The summed E-state index contributed by atoms with van der Waals surface area (Å²) in [7, 11) is -2.79. The van der Waals surface area contributed by atoms with Crippen LogP contribution >= 0.6 is 11.6 Å². The minimum Gasteiger partial charge on any atom is -0.479 e. The number of ether oxygens (including phenoxy) is 1. The van der Waals surface area contributed by atoms with Gasteiger partial charge in [-0.1, -0.05) is 11.6 Å². The van der Waals surface area contributed by atoms with Crippen molar-refractivity contribution in [3.8, 4) is 0 Å². The molecule has 1 aromatic rings. The van der Waals surface area contributed by atoms with Crippen molar-refractivity contribution >= 4 is 27.6 Å². The number of rotatable bonds is 5. The van der Waals surface area contributed by atoms with Crippen molar-refractivity contribution in [3.05, 3.63) is 29.0 Å². The van der Waals surface area contributed by atoms with E-state index in [4.69, 9.17) is 21.4 Å². The molecule has 1 atom stereocenters. The lowest BCUT2D eigenvalue weighted by Gasteiger charge is -2.40. The molecule has 0 bridgehead atoms. The van der Waals surface area contributed by atoms with E-state index in [9.17, 15) is 17.6 Å². The first-order chi connectivity index (χ1) is 9.77. The molecule has 1 aromatic carbocycles. The number of hydrogen-bond donors (Lipinski definition) is 1. The third-order valence-electron chi connectivity index (χ3n) is 3.31. The van der Waals surface area contributed by atoms with E-state index < -0.39 is 38.7 Å². The minimum absolute atomic E-state index is 0.0426. The zero-order valence-electron chi connectivity index (χ0n) is 11.0. The smallest absolute Gasteiger partial charge is 0.333 e. The molecule has 1 aliphatic heterocycles. The Bertz CT molecular complexity index is 660. The lowest BCUT2D eigenvalue weighted by atomic mass is 9.96. The second-order valence-corrected chi connectivity index (χ2v) is 6.99. The van der Waals surface area contributed by atoms with E-state index in [2.05, 4.69) is 0 Å². The maximum absolute atomic E-state index is 13.7. The second-order valence-electron chi connectivity index (χ2n) is 4.65. The van der Waals surface area contributed by atoms with Gasteiger partial charge in [0.2, 0.25) is 10.0 Å². The lowest BCUT2D eigenvalue weighted by Crippen LogP contribution is -2.56. The summed E-state index contributed by atoms with van der Waals surface area (Å²) >= 11 is 5.68. The molecule has 0 amide bonds. The van der Waals surface area contributed by atoms with Gasteiger partial charge in [0.15, 0.2) is 6.10 Å². The number of carbonyl (C=O) groups is 1. The van der Waals surface area contributed by atoms with Gasteiger partial charge in [0.25, 0.3) is 0 Å². The molecule has 9 heteroatoms. The van der Waals surface area contributed by atoms with Gasteiger partial charge in [-0.3, -0.25) is 0 Å². The molecular formula is C12H13ClFNO5S. The molecule has 0 aromatic heterocycles. The number of hydrogen-bond acceptors (Lipinski definition) is 4. The first-order valence-corrected chi connectivity index (χ1v) is 7.80. The number of carboxylic acids is 1. The maximum Gasteiger partial charge on any atom is 0.333 e. The van der Waals surface area contributed by atoms with E-state index in [0.717, 1.165) is 16.4 Å². The van der Waals surface area contributed by atoms with Gasteiger partial charge in [0, 0.05) is 31.1 Å². The molecule has 1 fully saturated rings. The Balaban J connectivity index is 2.17. The van der Waals surface area contributed by atoms with Crippen LogP contribution in [-0.2, 0) is 19.6 Å². The molecule has 0 saturated carbocycles. The van der Waals surface area contributed by atoms with Crippen LogP contribution in [0.25, 0.3) is 0 Å². The van der Waals surface area contributed by atoms with Crippen molar-refractivity contribution in [2.45, 2.75) is 11.0 Å². The molecule has 0 radical (unpaired) electrons. The van der Waals surface area contributed by atoms with Gasteiger partial charge in [-0.2, -0.15) is 4.31 Å². The van der Waals surface area contributed by atoms with Crippen LogP contribution in [0.15, 0.2) is 23.1 Å². The Morgan fingerprint density at radius 1 is 1.52 bits per heavy atom. The average Bonchev–Trinajstić information content (AvgIpc) is 2.35. The maximum atomic E-state index is 13.7. The molecule has 1 unspecified atom stereocenters. The third-order valence-corrected chi connectivity index (χ3v) is 5.39. The van der Waals surface area contributed by atoms with Crippen molar-refractivity contribution in [1.29, 1.82) is 0 Å². The van der Waals surface area contributed by atoms with Gasteiger partial charge < -0.3 is 9.84 Å². The summed E-state index contributed by atoms with van der Waals surface area (Å²) < 4.78 is 44.0. The second kappa shape index (κ2) is 5.88. The first-order valence-electron chi connectivity index (χ1n) is 5.98. The Morgan fingerprint density at radius 2 is 2.14 bits per heavy atom. The summed E-state index contributed by atoms with van der Waals surface area (Å²) in [5.74, 6) is -2.53. The predicted molar refractivity (Wildman–Crippen MR) is 72.1 cm³/mol. The van der Waals surface area contributed by atoms with Gasteiger partial charge in [0.1, 0.15) is 10.7 Å². The third kappa shape index (κ3) is 3.03. The minimum atomic E-state index is -4.03. The van der Waals surface area contributed by atoms with Crippen molar-refractivity contribution in [3.63, 3.8) is 0 Å². The van der Waals surface area contributed by atoms with Crippen LogP contribution in [0.4, 0.5) is 4.39 Å². The van der Waals surface area contributed by atoms with Crippen LogP contribution in [-0.4, -0.2) is 50.1 Å². The monoisotopic (exact) mass is 337 g/mol. The van der Waals surface area contributed by atoms with E-state index in [0.29, 0.717) is 0 Å². The van der Waals surface area contributed by atoms with E-state index in [1.54, 1.807) is 0 Å². The number of sulfonamides is 1. The number of aliphatic carboxylic acids is 1. The van der Waals surface area contributed by atoms with E-state index >= 15 is 0 Å². The topological polar surface area (TPSA) is 83.9 Å². The zero-order chi connectivity index (χ0) is 15.8. The number of methoxy groups -OCH3 is 1. The van der Waals surface area contributed by atoms with E-state index in [1.165, 1.54) is 13.2 Å². The summed E-state index contributed by atoms with van der Waals surface area (Å²) in [5.41, 5.74) is 0. The number of carboxylic acid groups (broad SMARTS) is 1. The highest BCUT2D eigenvalue weighted by Crippen LogP contribution is 2.30. The quantitative estimate of drug-likeness (QED) is 0.872. The van der Waals surface area contributed by atoms with Gasteiger partial charge >= 0.3 is 5.97 Å². The Kier molecular flexibility index (Phi) is 4.52. The van der Waals surface area contributed by atoms with Crippen LogP contribution < -0.4 is 0 Å². The highest BCUT2D eigenvalue weighted by Gasteiger charge is 2.44.